The molecule has 1 N–H and O–H groups in total. The number of hydrogen-bond donors (Lipinski definition) is 1. The van der Waals surface area contributed by atoms with Gasteiger partial charge in [0.05, 0.1) is 0 Å². The van der Waals surface area contributed by atoms with Gasteiger partial charge in [-0.15, -0.1) is 0 Å². The highest BCUT2D eigenvalue weighted by molar-refractivity contribution is 5.94. The fraction of sp³-hybridized carbons (Fsp3) is 0.533. The van der Waals surface area contributed by atoms with Crippen molar-refractivity contribution < 1.29 is 13.6 Å². The summed E-state index contributed by atoms with van der Waals surface area (Å²) in [5.74, 6) is -1.29. The Morgan fingerprint density at radius 2 is 1.58 bits per heavy atom. The van der Waals surface area contributed by atoms with E-state index in [-0.39, 0.29) is 5.92 Å². The van der Waals surface area contributed by atoms with Crippen LogP contribution in [-0.4, -0.2) is 12.5 Å². The summed E-state index contributed by atoms with van der Waals surface area (Å²) in [7, 11) is 0. The van der Waals surface area contributed by atoms with Gasteiger partial charge in [0.25, 0.3) is 5.91 Å². The molecule has 0 aliphatic carbocycles. The van der Waals surface area contributed by atoms with E-state index in [1.54, 1.807) is 0 Å². The molecule has 2 nitrogen and oxygen atoms in total. The molecule has 0 aliphatic rings. The minimum absolute atomic E-state index is 0.277. The van der Waals surface area contributed by atoms with Gasteiger partial charge in [-0.3, -0.25) is 4.79 Å². The van der Waals surface area contributed by atoms with E-state index in [1.165, 1.54) is 6.07 Å². The summed E-state index contributed by atoms with van der Waals surface area (Å²) in [6.45, 7) is 8.70. The van der Waals surface area contributed by atoms with E-state index in [0.29, 0.717) is 18.4 Å². The second kappa shape index (κ2) is 6.64. The zero-order valence-electron chi connectivity index (χ0n) is 11.8. The summed E-state index contributed by atoms with van der Waals surface area (Å²) in [6.07, 6.45) is 0. The lowest BCUT2D eigenvalue weighted by molar-refractivity contribution is 0.0928. The van der Waals surface area contributed by atoms with Crippen molar-refractivity contribution in [3.05, 3.63) is 35.4 Å². The van der Waals surface area contributed by atoms with Crippen LogP contribution in [0.5, 0.6) is 0 Å². The Morgan fingerprint density at radius 3 is 2.00 bits per heavy atom. The van der Waals surface area contributed by atoms with Crippen LogP contribution in [0.15, 0.2) is 18.2 Å². The van der Waals surface area contributed by atoms with Crippen LogP contribution in [0.25, 0.3) is 0 Å². The van der Waals surface area contributed by atoms with Gasteiger partial charge in [-0.05, 0) is 29.9 Å². The van der Waals surface area contributed by atoms with Gasteiger partial charge in [-0.2, -0.15) is 0 Å². The highest BCUT2D eigenvalue weighted by Gasteiger charge is 2.21. The van der Waals surface area contributed by atoms with E-state index in [4.69, 9.17) is 0 Å². The lowest BCUT2D eigenvalue weighted by atomic mass is 9.85. The molecule has 1 rings (SSSR count). The third-order valence-electron chi connectivity index (χ3n) is 3.40. The summed E-state index contributed by atoms with van der Waals surface area (Å²) >= 11 is 0. The van der Waals surface area contributed by atoms with Crippen LogP contribution in [0.1, 0.15) is 38.1 Å². The molecular formula is C15H21F2NO. The Labute approximate surface area is 113 Å². The molecule has 0 saturated heterocycles. The average molecular weight is 269 g/mol. The molecule has 0 aromatic heterocycles. The van der Waals surface area contributed by atoms with Gasteiger partial charge < -0.3 is 5.32 Å². The Morgan fingerprint density at radius 1 is 1.11 bits per heavy atom. The van der Waals surface area contributed by atoms with E-state index in [0.717, 1.165) is 12.1 Å². The lowest BCUT2D eigenvalue weighted by Gasteiger charge is -2.25. The third kappa shape index (κ3) is 4.01. The molecule has 1 amide bonds. The molecule has 0 atom stereocenters. The molecule has 0 radical (unpaired) electrons. The van der Waals surface area contributed by atoms with Gasteiger partial charge in [0.15, 0.2) is 0 Å². The van der Waals surface area contributed by atoms with Crippen LogP contribution in [0.2, 0.25) is 0 Å². The fourth-order valence-electron chi connectivity index (χ4n) is 2.25. The molecule has 0 spiro atoms. The molecule has 1 aromatic rings. The Bertz CT molecular complexity index is 416. The van der Waals surface area contributed by atoms with E-state index in [2.05, 4.69) is 33.0 Å². The van der Waals surface area contributed by atoms with Crippen LogP contribution >= 0.6 is 0 Å². The van der Waals surface area contributed by atoms with Gasteiger partial charge in [0.2, 0.25) is 0 Å². The molecule has 0 unspecified atom stereocenters. The Balaban J connectivity index is 2.75. The van der Waals surface area contributed by atoms with E-state index < -0.39 is 23.1 Å². The van der Waals surface area contributed by atoms with Crippen LogP contribution in [0, 0.1) is 29.4 Å². The van der Waals surface area contributed by atoms with Gasteiger partial charge in [0.1, 0.15) is 17.2 Å². The van der Waals surface area contributed by atoms with Gasteiger partial charge in [-0.25, -0.2) is 8.78 Å². The number of carbonyl (C=O) groups is 1. The number of benzene rings is 1. The molecule has 0 saturated carbocycles. The Hall–Kier alpha value is -1.45. The standard InChI is InChI=1S/C15H21F2NO/c1-9(2)11(10(3)4)8-18-15(19)14-12(16)6-5-7-13(14)17/h5-7,9-11H,8H2,1-4H3,(H,18,19). The monoisotopic (exact) mass is 269 g/mol. The van der Waals surface area contributed by atoms with Gasteiger partial charge in [0, 0.05) is 6.54 Å². The summed E-state index contributed by atoms with van der Waals surface area (Å²) in [5.41, 5.74) is -0.506. The van der Waals surface area contributed by atoms with Crippen molar-refractivity contribution >= 4 is 5.91 Å². The Kier molecular flexibility index (Phi) is 5.45. The first-order chi connectivity index (χ1) is 8.84. The number of amides is 1. The van der Waals surface area contributed by atoms with Crippen LogP contribution in [0.4, 0.5) is 8.78 Å². The smallest absolute Gasteiger partial charge is 0.257 e. The van der Waals surface area contributed by atoms with Crippen LogP contribution < -0.4 is 5.32 Å². The van der Waals surface area contributed by atoms with Crippen molar-refractivity contribution in [1.29, 1.82) is 0 Å². The number of carbonyl (C=O) groups excluding carboxylic acids is 1. The summed E-state index contributed by atoms with van der Waals surface area (Å²) < 4.78 is 26.9. The molecule has 4 heteroatoms. The average Bonchev–Trinajstić information content (AvgIpc) is 2.27. The summed E-state index contributed by atoms with van der Waals surface area (Å²) in [4.78, 5) is 11.8. The zero-order valence-corrected chi connectivity index (χ0v) is 11.8. The zero-order chi connectivity index (χ0) is 14.6. The second-order valence-electron chi connectivity index (χ2n) is 5.46. The maximum Gasteiger partial charge on any atom is 0.257 e. The van der Waals surface area contributed by atoms with Crippen molar-refractivity contribution in [3.63, 3.8) is 0 Å². The summed E-state index contributed by atoms with van der Waals surface area (Å²) in [5, 5.41) is 2.62. The van der Waals surface area contributed by atoms with Crippen LogP contribution in [-0.2, 0) is 0 Å². The largest absolute Gasteiger partial charge is 0.352 e. The first-order valence-electron chi connectivity index (χ1n) is 6.56. The third-order valence-corrected chi connectivity index (χ3v) is 3.40. The van der Waals surface area contributed by atoms with E-state index >= 15 is 0 Å². The predicted molar refractivity (Wildman–Crippen MR) is 71.9 cm³/mol. The van der Waals surface area contributed by atoms with Gasteiger partial charge in [-0.1, -0.05) is 33.8 Å². The highest BCUT2D eigenvalue weighted by atomic mass is 19.1. The number of halogens is 2. The topological polar surface area (TPSA) is 29.1 Å². The first kappa shape index (κ1) is 15.6. The molecule has 0 fully saturated rings. The minimum Gasteiger partial charge on any atom is -0.352 e. The molecule has 0 bridgehead atoms. The van der Waals surface area contributed by atoms with E-state index in [9.17, 15) is 13.6 Å². The fourth-order valence-corrected chi connectivity index (χ4v) is 2.25. The first-order valence-corrected chi connectivity index (χ1v) is 6.56. The van der Waals surface area contributed by atoms with E-state index in [1.807, 2.05) is 0 Å². The SMILES string of the molecule is CC(C)C(CNC(=O)c1c(F)cccc1F)C(C)C. The lowest BCUT2D eigenvalue weighted by Crippen LogP contribution is -2.34. The quantitative estimate of drug-likeness (QED) is 0.869. The molecule has 1 aromatic carbocycles. The molecule has 0 aliphatic heterocycles. The van der Waals surface area contributed by atoms with Crippen molar-refractivity contribution in [2.45, 2.75) is 27.7 Å². The maximum absolute atomic E-state index is 13.4. The highest BCUT2D eigenvalue weighted by Crippen LogP contribution is 2.20. The van der Waals surface area contributed by atoms with Crippen molar-refractivity contribution in [3.8, 4) is 0 Å². The van der Waals surface area contributed by atoms with Crippen molar-refractivity contribution in [2.24, 2.45) is 17.8 Å². The van der Waals surface area contributed by atoms with Gasteiger partial charge >= 0.3 is 0 Å². The normalized spacial score (nSPS) is 11.4. The predicted octanol–water partition coefficient (Wildman–Crippen LogP) is 3.62. The maximum atomic E-state index is 13.4. The number of rotatable bonds is 5. The summed E-state index contributed by atoms with van der Waals surface area (Å²) in [6, 6.07) is 3.41. The number of hydrogen-bond acceptors (Lipinski definition) is 1. The number of nitrogens with one attached hydrogen (secondary N) is 1. The minimum atomic E-state index is -0.830. The molecule has 106 valence electrons. The molecule has 0 heterocycles. The molecular weight excluding hydrogens is 248 g/mol. The van der Waals surface area contributed by atoms with Crippen LogP contribution in [0.3, 0.4) is 0 Å². The molecule has 19 heavy (non-hydrogen) atoms. The van der Waals surface area contributed by atoms with Crippen molar-refractivity contribution in [2.75, 3.05) is 6.54 Å². The second-order valence-corrected chi connectivity index (χ2v) is 5.46. The van der Waals surface area contributed by atoms with Crippen molar-refractivity contribution in [1.82, 2.24) is 5.32 Å².